The van der Waals surface area contributed by atoms with Crippen molar-refractivity contribution in [2.75, 3.05) is 6.61 Å². The van der Waals surface area contributed by atoms with Gasteiger partial charge in [-0.3, -0.25) is 0 Å². The van der Waals surface area contributed by atoms with Gasteiger partial charge in [0.25, 0.3) is 0 Å². The topological polar surface area (TPSA) is 39.4 Å². The zero-order chi connectivity index (χ0) is 20.1. The van der Waals surface area contributed by atoms with Crippen LogP contribution in [0.25, 0.3) is 17.0 Å². The Morgan fingerprint density at radius 2 is 1.66 bits per heavy atom. The second-order valence-corrected chi connectivity index (χ2v) is 6.94. The Kier molecular flexibility index (Phi) is 5.57. The lowest BCUT2D eigenvalue weighted by atomic mass is 10.00. The van der Waals surface area contributed by atoms with Crippen molar-refractivity contribution < 1.29 is 9.15 Å². The molecule has 4 aromatic rings. The highest BCUT2D eigenvalue weighted by atomic mass is 16.5. The Balaban J connectivity index is 1.53. The maximum Gasteiger partial charge on any atom is 0.340 e. The Labute approximate surface area is 169 Å². The summed E-state index contributed by atoms with van der Waals surface area (Å²) in [6, 6.07) is 25.7. The molecular weight excluding hydrogens is 360 g/mol. The number of fused-ring (bicyclic) bond motifs is 1. The average molecular weight is 382 g/mol. The van der Waals surface area contributed by atoms with E-state index >= 15 is 0 Å². The predicted molar refractivity (Wildman–Crippen MR) is 117 cm³/mol. The molecule has 3 aromatic carbocycles. The predicted octanol–water partition coefficient (Wildman–Crippen LogP) is 5.78. The number of rotatable bonds is 6. The molecule has 0 bridgehead atoms. The van der Waals surface area contributed by atoms with Gasteiger partial charge in [-0.25, -0.2) is 4.79 Å². The van der Waals surface area contributed by atoms with E-state index in [9.17, 15) is 4.79 Å². The molecule has 3 heteroatoms. The molecule has 0 unspecified atom stereocenters. The van der Waals surface area contributed by atoms with E-state index in [1.54, 1.807) is 6.07 Å². The third-order valence-electron chi connectivity index (χ3n) is 4.94. The van der Waals surface area contributed by atoms with Crippen LogP contribution >= 0.6 is 0 Å². The van der Waals surface area contributed by atoms with Gasteiger partial charge in [0, 0.05) is 23.4 Å². The van der Waals surface area contributed by atoms with Crippen molar-refractivity contribution in [3.05, 3.63) is 118 Å². The summed E-state index contributed by atoms with van der Waals surface area (Å²) in [5.74, 6) is 0.675. The molecule has 4 rings (SSSR count). The van der Waals surface area contributed by atoms with Crippen molar-refractivity contribution >= 4 is 17.0 Å². The summed E-state index contributed by atoms with van der Waals surface area (Å²) in [6.07, 6.45) is 4.54. The third kappa shape index (κ3) is 4.46. The highest BCUT2D eigenvalue weighted by Crippen LogP contribution is 2.25. The van der Waals surface area contributed by atoms with Crippen LogP contribution < -0.4 is 10.4 Å². The van der Waals surface area contributed by atoms with Gasteiger partial charge in [-0.1, -0.05) is 66.7 Å². The minimum absolute atomic E-state index is 0.292. The fourth-order valence-electron chi connectivity index (χ4n) is 3.36. The Morgan fingerprint density at radius 3 is 2.41 bits per heavy atom. The minimum atomic E-state index is -0.292. The quantitative estimate of drug-likeness (QED) is 0.397. The van der Waals surface area contributed by atoms with Crippen molar-refractivity contribution in [3.8, 4) is 5.75 Å². The van der Waals surface area contributed by atoms with E-state index in [4.69, 9.17) is 9.15 Å². The molecule has 0 saturated carbocycles. The zero-order valence-corrected chi connectivity index (χ0v) is 16.3. The van der Waals surface area contributed by atoms with Crippen LogP contribution in [0.2, 0.25) is 0 Å². The van der Waals surface area contributed by atoms with Gasteiger partial charge in [0.15, 0.2) is 0 Å². The third-order valence-corrected chi connectivity index (χ3v) is 4.94. The van der Waals surface area contributed by atoms with Gasteiger partial charge in [-0.05, 0) is 41.8 Å². The van der Waals surface area contributed by atoms with E-state index in [0.717, 1.165) is 22.1 Å². The SMILES string of the molecule is Cc1c(Cc2ccccc2)c(=O)oc2cc(OC/C=C/c3ccccc3)ccc12. The first-order chi connectivity index (χ1) is 14.2. The molecule has 0 aliphatic carbocycles. The Morgan fingerprint density at radius 1 is 0.931 bits per heavy atom. The van der Waals surface area contributed by atoms with E-state index in [1.807, 2.05) is 91.9 Å². The van der Waals surface area contributed by atoms with Crippen LogP contribution in [0.5, 0.6) is 5.75 Å². The highest BCUT2D eigenvalue weighted by molar-refractivity contribution is 5.82. The zero-order valence-electron chi connectivity index (χ0n) is 16.3. The van der Waals surface area contributed by atoms with Gasteiger partial charge < -0.3 is 9.15 Å². The first-order valence-corrected chi connectivity index (χ1v) is 9.65. The molecule has 0 N–H and O–H groups in total. The molecule has 0 radical (unpaired) electrons. The van der Waals surface area contributed by atoms with Crippen LogP contribution in [0.15, 0.2) is 94.2 Å². The number of benzene rings is 3. The molecule has 0 atom stereocenters. The van der Waals surface area contributed by atoms with Crippen molar-refractivity contribution in [3.63, 3.8) is 0 Å². The standard InChI is InChI=1S/C26H22O3/c1-19-23-15-14-22(28-16-8-13-20-9-4-2-5-10-20)18-25(23)29-26(27)24(19)17-21-11-6-3-7-12-21/h2-15,18H,16-17H2,1H3/b13-8+. The van der Waals surface area contributed by atoms with Crippen molar-refractivity contribution in [1.29, 1.82) is 0 Å². The summed E-state index contributed by atoms with van der Waals surface area (Å²) < 4.78 is 11.4. The van der Waals surface area contributed by atoms with E-state index < -0.39 is 0 Å². The van der Waals surface area contributed by atoms with Crippen LogP contribution in [0, 0.1) is 6.92 Å². The van der Waals surface area contributed by atoms with Gasteiger partial charge in [0.05, 0.1) is 0 Å². The van der Waals surface area contributed by atoms with Crippen LogP contribution in [-0.4, -0.2) is 6.61 Å². The fraction of sp³-hybridized carbons (Fsp3) is 0.115. The molecule has 29 heavy (non-hydrogen) atoms. The Hall–Kier alpha value is -3.59. The first kappa shape index (κ1) is 18.8. The molecule has 0 aliphatic heterocycles. The van der Waals surface area contributed by atoms with Crippen molar-refractivity contribution in [2.45, 2.75) is 13.3 Å². The number of aryl methyl sites for hydroxylation is 1. The van der Waals surface area contributed by atoms with Crippen LogP contribution in [0.4, 0.5) is 0 Å². The van der Waals surface area contributed by atoms with Crippen molar-refractivity contribution in [2.24, 2.45) is 0 Å². The minimum Gasteiger partial charge on any atom is -0.489 e. The number of hydrogen-bond acceptors (Lipinski definition) is 3. The summed E-state index contributed by atoms with van der Waals surface area (Å²) in [5, 5.41) is 0.933. The van der Waals surface area contributed by atoms with Gasteiger partial charge >= 0.3 is 5.63 Å². The molecule has 0 fully saturated rings. The molecule has 144 valence electrons. The summed E-state index contributed by atoms with van der Waals surface area (Å²) in [7, 11) is 0. The van der Waals surface area contributed by atoms with E-state index in [-0.39, 0.29) is 5.63 Å². The van der Waals surface area contributed by atoms with E-state index in [0.29, 0.717) is 29.9 Å². The highest BCUT2D eigenvalue weighted by Gasteiger charge is 2.12. The van der Waals surface area contributed by atoms with Gasteiger partial charge in [0.2, 0.25) is 0 Å². The summed E-state index contributed by atoms with van der Waals surface area (Å²) >= 11 is 0. The molecule has 3 nitrogen and oxygen atoms in total. The molecule has 0 amide bonds. The second-order valence-electron chi connectivity index (χ2n) is 6.94. The van der Waals surface area contributed by atoms with Gasteiger partial charge in [0.1, 0.15) is 17.9 Å². The largest absolute Gasteiger partial charge is 0.489 e. The summed E-state index contributed by atoms with van der Waals surface area (Å²) in [6.45, 7) is 2.41. The molecular formula is C26H22O3. The molecule has 0 saturated heterocycles. The molecule has 1 aromatic heterocycles. The van der Waals surface area contributed by atoms with Crippen LogP contribution in [-0.2, 0) is 6.42 Å². The monoisotopic (exact) mass is 382 g/mol. The lowest BCUT2D eigenvalue weighted by Gasteiger charge is -2.09. The van der Waals surface area contributed by atoms with Crippen molar-refractivity contribution in [1.82, 2.24) is 0 Å². The van der Waals surface area contributed by atoms with Gasteiger partial charge in [-0.15, -0.1) is 0 Å². The smallest absolute Gasteiger partial charge is 0.340 e. The Bertz CT molecular complexity index is 1190. The number of ether oxygens (including phenoxy) is 1. The normalized spacial score (nSPS) is 11.2. The maximum atomic E-state index is 12.6. The summed E-state index contributed by atoms with van der Waals surface area (Å²) in [5.41, 5.74) is 4.13. The van der Waals surface area contributed by atoms with Gasteiger partial charge in [-0.2, -0.15) is 0 Å². The fourth-order valence-corrected chi connectivity index (χ4v) is 3.36. The number of hydrogen-bond donors (Lipinski definition) is 0. The maximum absolute atomic E-state index is 12.6. The van der Waals surface area contributed by atoms with E-state index in [2.05, 4.69) is 0 Å². The lowest BCUT2D eigenvalue weighted by Crippen LogP contribution is -2.11. The lowest BCUT2D eigenvalue weighted by molar-refractivity contribution is 0.363. The molecule has 1 heterocycles. The second kappa shape index (κ2) is 8.61. The van der Waals surface area contributed by atoms with Crippen LogP contribution in [0.3, 0.4) is 0 Å². The summed E-state index contributed by atoms with van der Waals surface area (Å²) in [4.78, 5) is 12.6. The average Bonchev–Trinajstić information content (AvgIpc) is 2.75. The van der Waals surface area contributed by atoms with Crippen LogP contribution in [0.1, 0.15) is 22.3 Å². The molecule has 0 aliphatic rings. The molecule has 0 spiro atoms. The first-order valence-electron chi connectivity index (χ1n) is 9.65. The van der Waals surface area contributed by atoms with E-state index in [1.165, 1.54) is 0 Å².